The van der Waals surface area contributed by atoms with E-state index >= 15 is 0 Å². The van der Waals surface area contributed by atoms with E-state index in [2.05, 4.69) is 31.3 Å². The standard InChI is InChI=1S/C17H28N2/c1-3-5-6-7-8-17-12-14(11-15(4-2)19-17)13-18-16-9-10-16/h11-12,16,18H,3-10,13H2,1-2H3. The van der Waals surface area contributed by atoms with Crippen LogP contribution in [-0.4, -0.2) is 11.0 Å². The van der Waals surface area contributed by atoms with Crippen LogP contribution in [0.1, 0.15) is 69.3 Å². The predicted octanol–water partition coefficient (Wildman–Crippen LogP) is 4.02. The van der Waals surface area contributed by atoms with E-state index in [1.54, 1.807) is 0 Å². The first-order valence-corrected chi connectivity index (χ1v) is 8.04. The fourth-order valence-electron chi connectivity index (χ4n) is 2.41. The molecule has 0 aromatic carbocycles. The molecule has 1 heterocycles. The van der Waals surface area contributed by atoms with Crippen LogP contribution in [0.3, 0.4) is 0 Å². The summed E-state index contributed by atoms with van der Waals surface area (Å²) in [5, 5.41) is 3.60. The number of hydrogen-bond donors (Lipinski definition) is 1. The third-order valence-electron chi connectivity index (χ3n) is 3.81. The summed E-state index contributed by atoms with van der Waals surface area (Å²) in [7, 11) is 0. The van der Waals surface area contributed by atoms with Gasteiger partial charge in [-0.05, 0) is 49.8 Å². The minimum atomic E-state index is 0.784. The number of nitrogens with one attached hydrogen (secondary N) is 1. The highest BCUT2D eigenvalue weighted by atomic mass is 14.9. The Labute approximate surface area is 118 Å². The first kappa shape index (κ1) is 14.5. The molecular formula is C17H28N2. The molecule has 106 valence electrons. The van der Waals surface area contributed by atoms with Gasteiger partial charge in [0.2, 0.25) is 0 Å². The molecule has 0 aliphatic heterocycles. The fraction of sp³-hybridized carbons (Fsp3) is 0.706. The summed E-state index contributed by atoms with van der Waals surface area (Å²) < 4.78 is 0. The smallest absolute Gasteiger partial charge is 0.0410 e. The van der Waals surface area contributed by atoms with E-state index in [1.165, 1.54) is 55.5 Å². The Morgan fingerprint density at radius 2 is 1.89 bits per heavy atom. The van der Waals surface area contributed by atoms with Crippen molar-refractivity contribution in [2.24, 2.45) is 0 Å². The highest BCUT2D eigenvalue weighted by molar-refractivity contribution is 5.22. The second kappa shape index (κ2) is 7.64. The van der Waals surface area contributed by atoms with Crippen LogP contribution in [-0.2, 0) is 19.4 Å². The minimum Gasteiger partial charge on any atom is -0.310 e. The molecule has 0 radical (unpaired) electrons. The maximum Gasteiger partial charge on any atom is 0.0410 e. The van der Waals surface area contributed by atoms with Crippen molar-refractivity contribution in [2.75, 3.05) is 0 Å². The maximum absolute atomic E-state index is 4.76. The molecule has 0 bridgehead atoms. The van der Waals surface area contributed by atoms with Crippen molar-refractivity contribution < 1.29 is 0 Å². The Bertz CT molecular complexity index is 383. The second-order valence-electron chi connectivity index (χ2n) is 5.78. The van der Waals surface area contributed by atoms with E-state index in [4.69, 9.17) is 4.98 Å². The molecule has 1 aliphatic carbocycles. The molecule has 2 heteroatoms. The Kier molecular flexibility index (Phi) is 5.84. The third kappa shape index (κ3) is 5.32. The Morgan fingerprint density at radius 3 is 2.58 bits per heavy atom. The maximum atomic E-state index is 4.76. The van der Waals surface area contributed by atoms with Crippen molar-refractivity contribution >= 4 is 0 Å². The van der Waals surface area contributed by atoms with E-state index in [0.717, 1.165) is 25.4 Å². The molecule has 1 N–H and O–H groups in total. The average molecular weight is 260 g/mol. The first-order chi connectivity index (χ1) is 9.31. The van der Waals surface area contributed by atoms with Gasteiger partial charge in [-0.25, -0.2) is 0 Å². The number of hydrogen-bond acceptors (Lipinski definition) is 2. The summed E-state index contributed by atoms with van der Waals surface area (Å²) in [6.45, 7) is 5.47. The fourth-order valence-corrected chi connectivity index (χ4v) is 2.41. The van der Waals surface area contributed by atoms with Crippen molar-refractivity contribution in [1.29, 1.82) is 0 Å². The molecule has 1 aromatic rings. The van der Waals surface area contributed by atoms with Gasteiger partial charge in [0, 0.05) is 24.0 Å². The summed E-state index contributed by atoms with van der Waals surface area (Å²) in [5.74, 6) is 0. The van der Waals surface area contributed by atoms with Crippen LogP contribution >= 0.6 is 0 Å². The molecule has 0 unspecified atom stereocenters. The largest absolute Gasteiger partial charge is 0.310 e. The van der Waals surface area contributed by atoms with Crippen LogP contribution in [0.2, 0.25) is 0 Å². The van der Waals surface area contributed by atoms with Gasteiger partial charge in [-0.2, -0.15) is 0 Å². The number of pyridine rings is 1. The minimum absolute atomic E-state index is 0.784. The lowest BCUT2D eigenvalue weighted by Gasteiger charge is -2.09. The SMILES string of the molecule is CCCCCCc1cc(CNC2CC2)cc(CC)n1. The number of aromatic nitrogens is 1. The average Bonchev–Trinajstić information content (AvgIpc) is 3.25. The molecule has 0 saturated heterocycles. The molecule has 1 aliphatic rings. The lowest BCUT2D eigenvalue weighted by atomic mass is 10.1. The lowest BCUT2D eigenvalue weighted by molar-refractivity contribution is 0.655. The van der Waals surface area contributed by atoms with Gasteiger partial charge in [-0.1, -0.05) is 33.1 Å². The molecule has 2 rings (SSSR count). The van der Waals surface area contributed by atoms with Gasteiger partial charge < -0.3 is 5.32 Å². The molecule has 0 atom stereocenters. The molecule has 1 fully saturated rings. The predicted molar refractivity (Wildman–Crippen MR) is 81.3 cm³/mol. The third-order valence-corrected chi connectivity index (χ3v) is 3.81. The Hall–Kier alpha value is -0.890. The number of nitrogens with zero attached hydrogens (tertiary/aromatic N) is 1. The second-order valence-corrected chi connectivity index (χ2v) is 5.78. The van der Waals surface area contributed by atoms with Gasteiger partial charge in [-0.15, -0.1) is 0 Å². The summed E-state index contributed by atoms with van der Waals surface area (Å²) in [6, 6.07) is 5.36. The van der Waals surface area contributed by atoms with E-state index in [1.807, 2.05) is 0 Å². The van der Waals surface area contributed by atoms with Crippen molar-refractivity contribution in [1.82, 2.24) is 10.3 Å². The van der Waals surface area contributed by atoms with Crippen molar-refractivity contribution in [2.45, 2.75) is 77.8 Å². The lowest BCUT2D eigenvalue weighted by Crippen LogP contribution is -2.16. The van der Waals surface area contributed by atoms with Crippen LogP contribution in [0.5, 0.6) is 0 Å². The number of aryl methyl sites for hydroxylation is 2. The highest BCUT2D eigenvalue weighted by Crippen LogP contribution is 2.19. The molecule has 1 saturated carbocycles. The normalized spacial score (nSPS) is 14.8. The number of unbranched alkanes of at least 4 members (excludes halogenated alkanes) is 3. The summed E-state index contributed by atoms with van der Waals surface area (Å²) >= 11 is 0. The molecule has 0 amide bonds. The van der Waals surface area contributed by atoms with E-state index < -0.39 is 0 Å². The first-order valence-electron chi connectivity index (χ1n) is 8.04. The monoisotopic (exact) mass is 260 g/mol. The number of rotatable bonds is 9. The quantitative estimate of drug-likeness (QED) is 0.678. The summed E-state index contributed by atoms with van der Waals surface area (Å²) in [5.41, 5.74) is 3.97. The van der Waals surface area contributed by atoms with Crippen molar-refractivity contribution in [3.05, 3.63) is 29.1 Å². The topological polar surface area (TPSA) is 24.9 Å². The van der Waals surface area contributed by atoms with E-state index in [-0.39, 0.29) is 0 Å². The Morgan fingerprint density at radius 1 is 1.11 bits per heavy atom. The van der Waals surface area contributed by atoms with Gasteiger partial charge >= 0.3 is 0 Å². The van der Waals surface area contributed by atoms with Crippen LogP contribution < -0.4 is 5.32 Å². The zero-order valence-electron chi connectivity index (χ0n) is 12.5. The zero-order chi connectivity index (χ0) is 13.5. The molecule has 2 nitrogen and oxygen atoms in total. The van der Waals surface area contributed by atoms with Gasteiger partial charge in [0.25, 0.3) is 0 Å². The van der Waals surface area contributed by atoms with Gasteiger partial charge in [-0.3, -0.25) is 4.98 Å². The van der Waals surface area contributed by atoms with Crippen LogP contribution in [0.25, 0.3) is 0 Å². The van der Waals surface area contributed by atoms with Gasteiger partial charge in [0.15, 0.2) is 0 Å². The van der Waals surface area contributed by atoms with Crippen molar-refractivity contribution in [3.63, 3.8) is 0 Å². The molecular weight excluding hydrogens is 232 g/mol. The highest BCUT2D eigenvalue weighted by Gasteiger charge is 2.20. The van der Waals surface area contributed by atoms with Crippen LogP contribution in [0, 0.1) is 0 Å². The zero-order valence-corrected chi connectivity index (χ0v) is 12.5. The van der Waals surface area contributed by atoms with Crippen molar-refractivity contribution in [3.8, 4) is 0 Å². The van der Waals surface area contributed by atoms with E-state index in [9.17, 15) is 0 Å². The summed E-state index contributed by atoms with van der Waals surface area (Å²) in [6.07, 6.45) is 10.2. The van der Waals surface area contributed by atoms with Crippen LogP contribution in [0.4, 0.5) is 0 Å². The van der Waals surface area contributed by atoms with Gasteiger partial charge in [0.05, 0.1) is 0 Å². The Balaban J connectivity index is 1.89. The van der Waals surface area contributed by atoms with E-state index in [0.29, 0.717) is 0 Å². The van der Waals surface area contributed by atoms with Crippen LogP contribution in [0.15, 0.2) is 12.1 Å². The molecule has 1 aromatic heterocycles. The van der Waals surface area contributed by atoms with Gasteiger partial charge in [0.1, 0.15) is 0 Å². The molecule has 0 spiro atoms. The molecule has 19 heavy (non-hydrogen) atoms. The summed E-state index contributed by atoms with van der Waals surface area (Å²) in [4.78, 5) is 4.76.